The summed E-state index contributed by atoms with van der Waals surface area (Å²) in [4.78, 5) is 10.0. The van der Waals surface area contributed by atoms with Gasteiger partial charge in [0, 0.05) is 20.8 Å². The third kappa shape index (κ3) is 6.86. The number of aromatic nitrogens is 1. The van der Waals surface area contributed by atoms with Crippen molar-refractivity contribution in [2.45, 2.75) is 77.6 Å². The maximum absolute atomic E-state index is 4.46. The van der Waals surface area contributed by atoms with Gasteiger partial charge in [0.25, 0.3) is 0 Å². The van der Waals surface area contributed by atoms with Gasteiger partial charge in [-0.3, -0.25) is 4.98 Å². The second-order valence-electron chi connectivity index (χ2n) is 7.58. The van der Waals surface area contributed by atoms with E-state index in [1.165, 1.54) is 90.1 Å². The molecule has 0 aromatic carbocycles. The van der Waals surface area contributed by atoms with E-state index < -0.39 is 0 Å². The topological polar surface area (TPSA) is 12.9 Å². The Labute approximate surface area is 178 Å². The summed E-state index contributed by atoms with van der Waals surface area (Å²) >= 11 is 3.81. The molecule has 0 unspecified atom stereocenters. The lowest BCUT2D eigenvalue weighted by Crippen LogP contribution is -1.84. The monoisotopic (exact) mass is 411 g/mol. The minimum absolute atomic E-state index is 1.07. The predicted molar refractivity (Wildman–Crippen MR) is 126 cm³/mol. The molecule has 3 aromatic rings. The third-order valence-electron chi connectivity index (χ3n) is 5.20. The molecule has 0 saturated heterocycles. The molecule has 0 fully saturated rings. The first kappa shape index (κ1) is 21.3. The summed E-state index contributed by atoms with van der Waals surface area (Å²) in [5.41, 5.74) is 1.07. The highest BCUT2D eigenvalue weighted by molar-refractivity contribution is 7.23. The molecule has 0 aliphatic rings. The fourth-order valence-corrected chi connectivity index (χ4v) is 5.67. The van der Waals surface area contributed by atoms with Crippen molar-refractivity contribution in [1.82, 2.24) is 4.98 Å². The standard InChI is InChI=1S/C25H33NS2/c1-2-3-4-5-6-7-8-9-10-11-14-21-16-17-24(27-21)25-19-18-23(28-25)22-15-12-13-20-26-22/h12-13,15-20H,2-11,14H2,1H3. The summed E-state index contributed by atoms with van der Waals surface area (Å²) in [6, 6.07) is 15.2. The van der Waals surface area contributed by atoms with Gasteiger partial charge in [-0.25, -0.2) is 0 Å². The van der Waals surface area contributed by atoms with Crippen molar-refractivity contribution in [2.24, 2.45) is 0 Å². The molecule has 0 saturated carbocycles. The van der Waals surface area contributed by atoms with Gasteiger partial charge in [0.1, 0.15) is 0 Å². The Kier molecular flexibility index (Phi) is 9.25. The molecule has 0 spiro atoms. The molecule has 3 aromatic heterocycles. The SMILES string of the molecule is CCCCCCCCCCCCc1ccc(-c2ccc(-c3ccccn3)s2)s1. The summed E-state index contributed by atoms with van der Waals surface area (Å²) in [5, 5.41) is 0. The smallest absolute Gasteiger partial charge is 0.0801 e. The molecule has 0 N–H and O–H groups in total. The highest BCUT2D eigenvalue weighted by Crippen LogP contribution is 2.37. The summed E-state index contributed by atoms with van der Waals surface area (Å²) in [7, 11) is 0. The number of aryl methyl sites for hydroxylation is 1. The largest absolute Gasteiger partial charge is 0.255 e. The number of hydrogen-bond donors (Lipinski definition) is 0. The first-order valence-electron chi connectivity index (χ1n) is 11.0. The quantitative estimate of drug-likeness (QED) is 0.256. The fourth-order valence-electron chi connectivity index (χ4n) is 3.55. The van der Waals surface area contributed by atoms with Gasteiger partial charge >= 0.3 is 0 Å². The number of pyridine rings is 1. The lowest BCUT2D eigenvalue weighted by Gasteiger charge is -2.02. The second-order valence-corrected chi connectivity index (χ2v) is 9.83. The van der Waals surface area contributed by atoms with E-state index in [-0.39, 0.29) is 0 Å². The maximum atomic E-state index is 4.46. The molecular formula is C25H33NS2. The first-order valence-corrected chi connectivity index (χ1v) is 12.6. The Morgan fingerprint density at radius 3 is 2.00 bits per heavy atom. The maximum Gasteiger partial charge on any atom is 0.0801 e. The van der Waals surface area contributed by atoms with E-state index in [0.29, 0.717) is 0 Å². The highest BCUT2D eigenvalue weighted by atomic mass is 32.1. The second kappa shape index (κ2) is 12.2. The molecule has 28 heavy (non-hydrogen) atoms. The first-order chi connectivity index (χ1) is 13.9. The summed E-state index contributed by atoms with van der Waals surface area (Å²) in [6.07, 6.45) is 17.2. The van der Waals surface area contributed by atoms with Crippen LogP contribution in [-0.4, -0.2) is 4.98 Å². The van der Waals surface area contributed by atoms with Crippen molar-refractivity contribution >= 4 is 22.7 Å². The lowest BCUT2D eigenvalue weighted by molar-refractivity contribution is 0.557. The van der Waals surface area contributed by atoms with Crippen molar-refractivity contribution in [3.05, 3.63) is 53.5 Å². The van der Waals surface area contributed by atoms with Gasteiger partial charge in [0.05, 0.1) is 10.6 Å². The van der Waals surface area contributed by atoms with Crippen molar-refractivity contribution in [3.8, 4) is 20.3 Å². The number of nitrogens with zero attached hydrogens (tertiary/aromatic N) is 1. The molecule has 1 nitrogen and oxygen atoms in total. The van der Waals surface area contributed by atoms with Crippen LogP contribution in [0.5, 0.6) is 0 Å². The predicted octanol–water partition coefficient (Wildman–Crippen LogP) is 9.00. The zero-order chi connectivity index (χ0) is 19.4. The van der Waals surface area contributed by atoms with Crippen LogP contribution in [0.1, 0.15) is 76.0 Å². The van der Waals surface area contributed by atoms with Crippen LogP contribution in [0.3, 0.4) is 0 Å². The van der Waals surface area contributed by atoms with Crippen LogP contribution < -0.4 is 0 Å². The van der Waals surface area contributed by atoms with Gasteiger partial charge in [-0.05, 0) is 49.2 Å². The number of rotatable bonds is 13. The van der Waals surface area contributed by atoms with Crippen molar-refractivity contribution in [3.63, 3.8) is 0 Å². The van der Waals surface area contributed by atoms with Gasteiger partial charge < -0.3 is 0 Å². The number of hydrogen-bond acceptors (Lipinski definition) is 3. The minimum atomic E-state index is 1.07. The van der Waals surface area contributed by atoms with Crippen LogP contribution in [0, 0.1) is 0 Å². The summed E-state index contributed by atoms with van der Waals surface area (Å²) in [5.74, 6) is 0. The number of thiophene rings is 2. The van der Waals surface area contributed by atoms with Crippen molar-refractivity contribution < 1.29 is 0 Å². The Morgan fingerprint density at radius 1 is 0.643 bits per heavy atom. The molecular weight excluding hydrogens is 378 g/mol. The fraction of sp³-hybridized carbons (Fsp3) is 0.480. The molecule has 0 aliphatic heterocycles. The Hall–Kier alpha value is -1.45. The molecule has 3 rings (SSSR count). The zero-order valence-electron chi connectivity index (χ0n) is 17.2. The van der Waals surface area contributed by atoms with Gasteiger partial charge in [-0.2, -0.15) is 0 Å². The minimum Gasteiger partial charge on any atom is -0.255 e. The van der Waals surface area contributed by atoms with Gasteiger partial charge in [-0.15, -0.1) is 22.7 Å². The Balaban J connectivity index is 1.35. The van der Waals surface area contributed by atoms with Crippen LogP contribution in [0.25, 0.3) is 20.3 Å². The van der Waals surface area contributed by atoms with Gasteiger partial charge in [0.2, 0.25) is 0 Å². The van der Waals surface area contributed by atoms with Crippen molar-refractivity contribution in [2.75, 3.05) is 0 Å². The Bertz CT molecular complexity index is 788. The lowest BCUT2D eigenvalue weighted by atomic mass is 10.1. The van der Waals surface area contributed by atoms with E-state index >= 15 is 0 Å². The van der Waals surface area contributed by atoms with E-state index in [9.17, 15) is 0 Å². The van der Waals surface area contributed by atoms with Crippen LogP contribution in [-0.2, 0) is 6.42 Å². The average Bonchev–Trinajstić information content (AvgIpc) is 3.40. The summed E-state index contributed by atoms with van der Waals surface area (Å²) in [6.45, 7) is 2.29. The highest BCUT2D eigenvalue weighted by Gasteiger charge is 2.08. The normalized spacial score (nSPS) is 11.2. The molecule has 0 amide bonds. The number of unbranched alkanes of at least 4 members (excludes halogenated alkanes) is 9. The molecule has 3 heteroatoms. The van der Waals surface area contributed by atoms with Crippen LogP contribution in [0.4, 0.5) is 0 Å². The van der Waals surface area contributed by atoms with E-state index in [1.54, 1.807) is 0 Å². The van der Waals surface area contributed by atoms with Gasteiger partial charge in [0.15, 0.2) is 0 Å². The molecule has 0 atom stereocenters. The van der Waals surface area contributed by atoms with E-state index in [1.807, 2.05) is 34.9 Å². The average molecular weight is 412 g/mol. The van der Waals surface area contributed by atoms with E-state index in [2.05, 4.69) is 48.3 Å². The summed E-state index contributed by atoms with van der Waals surface area (Å²) < 4.78 is 0. The zero-order valence-corrected chi connectivity index (χ0v) is 18.8. The van der Waals surface area contributed by atoms with E-state index in [0.717, 1.165) is 5.69 Å². The van der Waals surface area contributed by atoms with Gasteiger partial charge in [-0.1, -0.05) is 70.8 Å². The van der Waals surface area contributed by atoms with Crippen LogP contribution >= 0.6 is 22.7 Å². The third-order valence-corrected chi connectivity index (χ3v) is 7.65. The van der Waals surface area contributed by atoms with Crippen LogP contribution in [0.15, 0.2) is 48.7 Å². The van der Waals surface area contributed by atoms with E-state index in [4.69, 9.17) is 0 Å². The van der Waals surface area contributed by atoms with Crippen molar-refractivity contribution in [1.29, 1.82) is 0 Å². The molecule has 0 radical (unpaired) electrons. The Morgan fingerprint density at radius 2 is 1.29 bits per heavy atom. The molecule has 150 valence electrons. The molecule has 0 aliphatic carbocycles. The molecule has 3 heterocycles. The van der Waals surface area contributed by atoms with Crippen LogP contribution in [0.2, 0.25) is 0 Å². The molecule has 0 bridgehead atoms.